The number of hydrogen-bond donors (Lipinski definition) is 1. The molecule has 0 aliphatic heterocycles. The van der Waals surface area contributed by atoms with Gasteiger partial charge in [0.05, 0.1) is 16.3 Å². The van der Waals surface area contributed by atoms with Gasteiger partial charge in [-0.05, 0) is 31.5 Å². The number of pyridine rings is 1. The predicted octanol–water partition coefficient (Wildman–Crippen LogP) is 4.90. The van der Waals surface area contributed by atoms with Crippen LogP contribution in [0.1, 0.15) is 25.1 Å². The molecule has 0 fully saturated rings. The molecule has 158 valence electrons. The van der Waals surface area contributed by atoms with Gasteiger partial charge in [0.2, 0.25) is 0 Å². The summed E-state index contributed by atoms with van der Waals surface area (Å²) >= 11 is 0. The van der Waals surface area contributed by atoms with E-state index in [1.54, 1.807) is 12.1 Å². The SMILES string of the molecule is CC(C)N(Cc1ccccc1)Cc1c(-c2cccc([N+](=O)[O-])c2)nc2ccc(N)cn12. The van der Waals surface area contributed by atoms with Crippen LogP contribution in [0, 0.1) is 10.1 Å². The average molecular weight is 415 g/mol. The summed E-state index contributed by atoms with van der Waals surface area (Å²) in [4.78, 5) is 18.1. The standard InChI is InChI=1S/C24H25N5O2/c1-17(2)27(14-18-7-4-3-5-8-18)16-22-24(19-9-6-10-21(13-19)29(30)31)26-23-12-11-20(25)15-28(22)23/h3-13,15,17H,14,16,25H2,1-2H3. The molecule has 2 aromatic carbocycles. The summed E-state index contributed by atoms with van der Waals surface area (Å²) < 4.78 is 1.99. The van der Waals surface area contributed by atoms with Crippen molar-refractivity contribution < 1.29 is 4.92 Å². The second-order valence-electron chi connectivity index (χ2n) is 7.89. The number of benzene rings is 2. The molecule has 7 heteroatoms. The lowest BCUT2D eigenvalue weighted by Gasteiger charge is -2.27. The Labute approximate surface area is 180 Å². The number of rotatable bonds is 7. The number of non-ortho nitro benzene ring substituents is 1. The monoisotopic (exact) mass is 415 g/mol. The third-order valence-corrected chi connectivity index (χ3v) is 5.38. The van der Waals surface area contributed by atoms with E-state index in [1.165, 1.54) is 11.6 Å². The van der Waals surface area contributed by atoms with Crippen LogP contribution >= 0.6 is 0 Å². The van der Waals surface area contributed by atoms with Gasteiger partial charge in [-0.25, -0.2) is 4.98 Å². The zero-order valence-corrected chi connectivity index (χ0v) is 17.6. The van der Waals surface area contributed by atoms with E-state index in [1.807, 2.05) is 47.0 Å². The number of anilines is 1. The number of aromatic nitrogens is 2. The molecule has 2 heterocycles. The van der Waals surface area contributed by atoms with Crippen LogP contribution in [0.4, 0.5) is 11.4 Å². The van der Waals surface area contributed by atoms with Gasteiger partial charge in [0, 0.05) is 48.7 Å². The number of nitro groups is 1. The molecule has 2 aromatic heterocycles. The molecule has 0 saturated carbocycles. The molecular weight excluding hydrogens is 390 g/mol. The highest BCUT2D eigenvalue weighted by Gasteiger charge is 2.20. The molecule has 4 rings (SSSR count). The smallest absolute Gasteiger partial charge is 0.270 e. The fraction of sp³-hybridized carbons (Fsp3) is 0.208. The largest absolute Gasteiger partial charge is 0.398 e. The van der Waals surface area contributed by atoms with E-state index >= 15 is 0 Å². The summed E-state index contributed by atoms with van der Waals surface area (Å²) in [6, 6.07) is 20.9. The quantitative estimate of drug-likeness (QED) is 0.342. The Morgan fingerprint density at radius 2 is 1.84 bits per heavy atom. The molecular formula is C24H25N5O2. The summed E-state index contributed by atoms with van der Waals surface area (Å²) in [6.07, 6.45) is 1.86. The van der Waals surface area contributed by atoms with Crippen molar-refractivity contribution in [3.05, 3.63) is 94.3 Å². The van der Waals surface area contributed by atoms with Crippen LogP contribution in [0.25, 0.3) is 16.9 Å². The molecule has 0 aliphatic carbocycles. The number of nitrogens with two attached hydrogens (primary N) is 1. The fourth-order valence-corrected chi connectivity index (χ4v) is 3.69. The van der Waals surface area contributed by atoms with Gasteiger partial charge in [-0.3, -0.25) is 15.0 Å². The maximum Gasteiger partial charge on any atom is 0.270 e. The second kappa shape index (κ2) is 8.57. The van der Waals surface area contributed by atoms with Crippen LogP contribution in [0.2, 0.25) is 0 Å². The van der Waals surface area contributed by atoms with Crippen molar-refractivity contribution >= 4 is 17.0 Å². The van der Waals surface area contributed by atoms with E-state index in [4.69, 9.17) is 10.7 Å². The molecule has 0 unspecified atom stereocenters. The first-order valence-corrected chi connectivity index (χ1v) is 10.2. The van der Waals surface area contributed by atoms with E-state index in [2.05, 4.69) is 30.9 Å². The topological polar surface area (TPSA) is 89.7 Å². The molecule has 0 aliphatic rings. The van der Waals surface area contributed by atoms with Gasteiger partial charge in [-0.2, -0.15) is 0 Å². The zero-order chi connectivity index (χ0) is 22.0. The van der Waals surface area contributed by atoms with Gasteiger partial charge >= 0.3 is 0 Å². The van der Waals surface area contributed by atoms with Crippen LogP contribution in [-0.4, -0.2) is 25.2 Å². The molecule has 2 N–H and O–H groups in total. The van der Waals surface area contributed by atoms with Gasteiger partial charge in [-0.15, -0.1) is 0 Å². The maximum absolute atomic E-state index is 11.3. The van der Waals surface area contributed by atoms with Crippen molar-refractivity contribution in [1.82, 2.24) is 14.3 Å². The van der Waals surface area contributed by atoms with Crippen molar-refractivity contribution in [2.75, 3.05) is 5.73 Å². The van der Waals surface area contributed by atoms with Crippen molar-refractivity contribution in [3.63, 3.8) is 0 Å². The Balaban J connectivity index is 1.81. The van der Waals surface area contributed by atoms with E-state index in [-0.39, 0.29) is 16.7 Å². The fourth-order valence-electron chi connectivity index (χ4n) is 3.69. The Morgan fingerprint density at radius 3 is 2.55 bits per heavy atom. The first-order valence-electron chi connectivity index (χ1n) is 10.2. The van der Waals surface area contributed by atoms with Gasteiger partial charge in [-0.1, -0.05) is 42.5 Å². The maximum atomic E-state index is 11.3. The highest BCUT2D eigenvalue weighted by Crippen LogP contribution is 2.29. The first-order chi connectivity index (χ1) is 14.9. The molecule has 31 heavy (non-hydrogen) atoms. The number of nitrogens with zero attached hydrogens (tertiary/aromatic N) is 4. The molecule has 0 atom stereocenters. The molecule has 4 aromatic rings. The van der Waals surface area contributed by atoms with Crippen molar-refractivity contribution in [2.24, 2.45) is 0 Å². The molecule has 0 spiro atoms. The summed E-state index contributed by atoms with van der Waals surface area (Å²) in [7, 11) is 0. The van der Waals surface area contributed by atoms with E-state index in [9.17, 15) is 10.1 Å². The van der Waals surface area contributed by atoms with Crippen molar-refractivity contribution in [2.45, 2.75) is 33.0 Å². The third kappa shape index (κ3) is 4.41. The number of nitro benzene ring substituents is 1. The molecule has 0 amide bonds. The Kier molecular flexibility index (Phi) is 5.68. The van der Waals surface area contributed by atoms with E-state index in [0.717, 1.165) is 29.1 Å². The minimum Gasteiger partial charge on any atom is -0.398 e. The Morgan fingerprint density at radius 1 is 1.06 bits per heavy atom. The lowest BCUT2D eigenvalue weighted by Crippen LogP contribution is -2.30. The average Bonchev–Trinajstić information content (AvgIpc) is 3.11. The highest BCUT2D eigenvalue weighted by molar-refractivity contribution is 5.69. The first kappa shape index (κ1) is 20.6. The summed E-state index contributed by atoms with van der Waals surface area (Å²) in [5, 5.41) is 11.3. The minimum atomic E-state index is -0.382. The lowest BCUT2D eigenvalue weighted by atomic mass is 10.1. The van der Waals surface area contributed by atoms with E-state index < -0.39 is 0 Å². The Hall–Kier alpha value is -3.71. The number of nitrogen functional groups attached to an aromatic ring is 1. The molecule has 0 radical (unpaired) electrons. The molecule has 7 nitrogen and oxygen atoms in total. The summed E-state index contributed by atoms with van der Waals surface area (Å²) in [6.45, 7) is 5.72. The van der Waals surface area contributed by atoms with Gasteiger partial charge in [0.15, 0.2) is 0 Å². The minimum absolute atomic E-state index is 0.0463. The van der Waals surface area contributed by atoms with Crippen molar-refractivity contribution in [1.29, 1.82) is 0 Å². The lowest BCUT2D eigenvalue weighted by molar-refractivity contribution is -0.384. The molecule has 0 saturated heterocycles. The van der Waals surface area contributed by atoms with Crippen LogP contribution in [-0.2, 0) is 13.1 Å². The summed E-state index contributed by atoms with van der Waals surface area (Å²) in [5.41, 5.74) is 11.1. The number of hydrogen-bond acceptors (Lipinski definition) is 5. The van der Waals surface area contributed by atoms with Crippen LogP contribution in [0.15, 0.2) is 72.9 Å². The highest BCUT2D eigenvalue weighted by atomic mass is 16.6. The predicted molar refractivity (Wildman–Crippen MR) is 123 cm³/mol. The molecule has 0 bridgehead atoms. The number of imidazole rings is 1. The van der Waals surface area contributed by atoms with Crippen LogP contribution in [0.5, 0.6) is 0 Å². The van der Waals surface area contributed by atoms with Crippen molar-refractivity contribution in [3.8, 4) is 11.3 Å². The van der Waals surface area contributed by atoms with Crippen LogP contribution in [0.3, 0.4) is 0 Å². The van der Waals surface area contributed by atoms with Crippen LogP contribution < -0.4 is 5.73 Å². The Bertz CT molecular complexity index is 1220. The van der Waals surface area contributed by atoms with Gasteiger partial charge in [0.1, 0.15) is 5.65 Å². The summed E-state index contributed by atoms with van der Waals surface area (Å²) in [5.74, 6) is 0. The number of fused-ring (bicyclic) bond motifs is 1. The normalized spacial score (nSPS) is 11.5. The van der Waals surface area contributed by atoms with Gasteiger partial charge in [0.25, 0.3) is 5.69 Å². The second-order valence-corrected chi connectivity index (χ2v) is 7.89. The zero-order valence-electron chi connectivity index (χ0n) is 17.6. The third-order valence-electron chi connectivity index (χ3n) is 5.38. The van der Waals surface area contributed by atoms with Gasteiger partial charge < -0.3 is 10.1 Å². The van der Waals surface area contributed by atoms with E-state index in [0.29, 0.717) is 12.2 Å².